The fourth-order valence-corrected chi connectivity index (χ4v) is 11.6. The van der Waals surface area contributed by atoms with E-state index < -0.39 is 174 Å². The Hall–Kier alpha value is -7.02. The van der Waals surface area contributed by atoms with Crippen LogP contribution in [0, 0.1) is 41.4 Å². The fraction of sp³-hybridized carbons (Fsp3) is 0.723. The Morgan fingerprint density at radius 1 is 0.833 bits per heavy atom. The van der Waals surface area contributed by atoms with Crippen molar-refractivity contribution in [1.82, 2.24) is 35.6 Å². The third-order valence-electron chi connectivity index (χ3n) is 17.6. The lowest BCUT2D eigenvalue weighted by molar-refractivity contribution is -0.165. The van der Waals surface area contributed by atoms with Crippen LogP contribution < -0.4 is 26.4 Å². The number of hydrogen-bond acceptors (Lipinski definition) is 18. The number of nitrogens with zero attached hydrogens (tertiary/aromatic N) is 4. The smallest absolute Gasteiger partial charge is 0.329 e. The lowest BCUT2D eigenvalue weighted by Crippen LogP contribution is -2.62. The maximum Gasteiger partial charge on any atom is 0.329 e. The molecular weight excluding hydrogens is 1160 g/mol. The van der Waals surface area contributed by atoms with E-state index in [-0.39, 0.29) is 62.9 Å². The topological polar surface area (TPSA) is 337 Å². The van der Waals surface area contributed by atoms with Crippen LogP contribution in [0.1, 0.15) is 154 Å². The van der Waals surface area contributed by atoms with Crippen molar-refractivity contribution >= 4 is 70.8 Å². The molecule has 6 N–H and O–H groups in total. The van der Waals surface area contributed by atoms with E-state index in [1.807, 2.05) is 13.8 Å². The Morgan fingerprint density at radius 3 is 2.02 bits per heavy atom. The van der Waals surface area contributed by atoms with E-state index in [0.717, 1.165) is 4.90 Å². The van der Waals surface area contributed by atoms with E-state index in [0.29, 0.717) is 30.6 Å². The van der Waals surface area contributed by atoms with Crippen molar-refractivity contribution < 1.29 is 81.6 Å². The molecule has 0 unspecified atom stereocenters. The maximum atomic E-state index is 15.2. The largest absolute Gasteiger partial charge is 0.497 e. The van der Waals surface area contributed by atoms with Crippen molar-refractivity contribution in [1.29, 1.82) is 0 Å². The van der Waals surface area contributed by atoms with Gasteiger partial charge in [0.1, 0.15) is 54.0 Å². The Kier molecular flexibility index (Phi) is 28.4. The average Bonchev–Trinajstić information content (AvgIpc) is 1.92. The van der Waals surface area contributed by atoms with Crippen molar-refractivity contribution in [2.45, 2.75) is 227 Å². The van der Waals surface area contributed by atoms with Gasteiger partial charge in [0, 0.05) is 33.6 Å². The van der Waals surface area contributed by atoms with Gasteiger partial charge >= 0.3 is 17.9 Å². The first-order valence-electron chi connectivity index (χ1n) is 31.9. The predicted molar refractivity (Wildman–Crippen MR) is 331 cm³/mol. The molecule has 0 spiro atoms. The molecule has 3 heterocycles. The molecule has 0 aromatic heterocycles. The number of esters is 3. The van der Waals surface area contributed by atoms with Gasteiger partial charge in [-0.3, -0.25) is 52.7 Å². The first kappa shape index (κ1) is 75.4. The molecule has 7 amide bonds. The number of cyclic esters (lactones) is 2. The number of carbonyl (C=O) groups is 12. The van der Waals surface area contributed by atoms with Gasteiger partial charge in [-0.05, 0) is 114 Å². The Bertz CT molecular complexity index is 2720. The number of amides is 7. The molecule has 3 aliphatic heterocycles. The van der Waals surface area contributed by atoms with Crippen molar-refractivity contribution in [2.24, 2.45) is 47.2 Å². The zero-order valence-corrected chi connectivity index (χ0v) is 55.9. The zero-order chi connectivity index (χ0) is 67.9. The second-order valence-corrected chi connectivity index (χ2v) is 26.3. The van der Waals surface area contributed by atoms with Gasteiger partial charge in [-0.15, -0.1) is 0 Å². The molecular formula is C65H102N8O17. The van der Waals surface area contributed by atoms with Gasteiger partial charge in [-0.25, -0.2) is 4.79 Å². The summed E-state index contributed by atoms with van der Waals surface area (Å²) in [6.07, 6.45) is -5.58. The quantitative estimate of drug-likeness (QED) is 0.0711. The van der Waals surface area contributed by atoms with E-state index in [2.05, 4.69) is 16.0 Å². The molecule has 15 atom stereocenters. The first-order valence-corrected chi connectivity index (χ1v) is 31.9. The van der Waals surface area contributed by atoms with Gasteiger partial charge in [0.15, 0.2) is 23.8 Å². The lowest BCUT2D eigenvalue weighted by Gasteiger charge is -2.36. The normalized spacial score (nSPS) is 26.4. The van der Waals surface area contributed by atoms with Crippen molar-refractivity contribution in [3.05, 3.63) is 29.8 Å². The van der Waals surface area contributed by atoms with E-state index >= 15 is 19.2 Å². The molecule has 0 bridgehead atoms. The van der Waals surface area contributed by atoms with Crippen molar-refractivity contribution in [2.75, 3.05) is 34.3 Å². The highest BCUT2D eigenvalue weighted by molar-refractivity contribution is 6.05. The highest BCUT2D eigenvalue weighted by Crippen LogP contribution is 2.28. The number of likely N-dealkylation sites (tertiary alicyclic amines) is 1. The summed E-state index contributed by atoms with van der Waals surface area (Å²) >= 11 is 0. The molecule has 3 fully saturated rings. The van der Waals surface area contributed by atoms with Crippen LogP contribution in [0.3, 0.4) is 0 Å². The van der Waals surface area contributed by atoms with Crippen molar-refractivity contribution in [3.63, 3.8) is 0 Å². The Labute approximate surface area is 530 Å². The summed E-state index contributed by atoms with van der Waals surface area (Å²) in [5, 5.41) is 20.2. The van der Waals surface area contributed by atoms with E-state index in [1.54, 1.807) is 79.7 Å². The number of benzene rings is 1. The molecule has 1 aromatic rings. The van der Waals surface area contributed by atoms with Gasteiger partial charge in [-0.2, -0.15) is 0 Å². The highest BCUT2D eigenvalue weighted by atomic mass is 16.6. The zero-order valence-electron chi connectivity index (χ0n) is 55.9. The van der Waals surface area contributed by atoms with Crippen LogP contribution in [0.15, 0.2) is 24.3 Å². The van der Waals surface area contributed by atoms with Gasteiger partial charge in [0.2, 0.25) is 35.4 Å². The Morgan fingerprint density at radius 2 is 1.46 bits per heavy atom. The summed E-state index contributed by atoms with van der Waals surface area (Å²) in [5.41, 5.74) is 6.56. The van der Waals surface area contributed by atoms with Gasteiger partial charge in [0.05, 0.1) is 37.6 Å². The minimum Gasteiger partial charge on any atom is -0.497 e. The van der Waals surface area contributed by atoms with Crippen LogP contribution in [0.4, 0.5) is 0 Å². The molecule has 25 heteroatoms. The van der Waals surface area contributed by atoms with E-state index in [9.17, 15) is 43.5 Å². The number of fused-ring (bicyclic) bond motifs is 1. The number of ketones is 2. The first-order chi connectivity index (χ1) is 42.1. The summed E-state index contributed by atoms with van der Waals surface area (Å²) in [4.78, 5) is 177. The van der Waals surface area contributed by atoms with Crippen LogP contribution >= 0.6 is 0 Å². The maximum absolute atomic E-state index is 15.2. The molecule has 0 radical (unpaired) electrons. The second-order valence-electron chi connectivity index (χ2n) is 26.3. The minimum atomic E-state index is -1.82. The number of rotatable bonds is 20. The number of methoxy groups -OCH3 is 1. The van der Waals surface area contributed by atoms with Gasteiger partial charge in [0.25, 0.3) is 5.91 Å². The number of nitrogens with one attached hydrogen (secondary N) is 3. The number of hydrogen-bond donors (Lipinski definition) is 5. The molecule has 4 rings (SSSR count). The molecule has 0 aliphatic carbocycles. The number of aliphatic hydroxyl groups is 1. The van der Waals surface area contributed by atoms with Gasteiger partial charge < -0.3 is 65.3 Å². The summed E-state index contributed by atoms with van der Waals surface area (Å²) in [5.74, 6) is -13.9. The number of likely N-dealkylation sites (N-methyl/N-ethyl adjacent to an activating group) is 2. The monoisotopic (exact) mass is 1270 g/mol. The number of Topliss-reactive ketones (excluding diaryl/α,β-unsaturated/α-hetero) is 2. The van der Waals surface area contributed by atoms with E-state index in [1.165, 1.54) is 63.6 Å². The molecule has 25 nitrogen and oxygen atoms in total. The van der Waals surface area contributed by atoms with Crippen LogP contribution in [0.25, 0.3) is 0 Å². The molecule has 3 aliphatic rings. The SMILES string of the molecule is CC[C@H](C)[C@H]1NC(=O)[C@@H](NC(=O)[C@@H](CC(C)C)N(C)C(=O)[C@@H]2CCCN2C(=O)[C@H](C)OC(=O)[C@@H](C)C(=O)[C@@H](N)C(C)C)[C@@H](C)OC(=O)[C@H](Cc2ccc(OC)cc2)N(C)C(=O)[C@@H]2CCCN2C(=O)[C@H](CC(C)C)NC(=O)[C@@H](C)C(=O)[C@H](C(C)C)OC(=O)C[C@@H]1O. The number of nitrogens with two attached hydrogens (primary N) is 1. The predicted octanol–water partition coefficient (Wildman–Crippen LogP) is 3.06. The van der Waals surface area contributed by atoms with Crippen molar-refractivity contribution in [3.8, 4) is 5.75 Å². The third-order valence-corrected chi connectivity index (χ3v) is 17.6. The number of ether oxygens (including phenoxy) is 4. The third kappa shape index (κ3) is 19.5. The molecule has 3 saturated heterocycles. The highest BCUT2D eigenvalue weighted by Gasteiger charge is 2.47. The van der Waals surface area contributed by atoms with Gasteiger partial charge in [-0.1, -0.05) is 87.8 Å². The summed E-state index contributed by atoms with van der Waals surface area (Å²) in [6.45, 7) is 22.9. The summed E-state index contributed by atoms with van der Waals surface area (Å²) in [7, 11) is 4.23. The standard InChI is InChI=1S/C65H102N8O17/c1-18-37(10)52-49(74)32-50(75)90-56(36(8)9)55(77)38(11)57(78)67-44(29-33(2)3)61(82)73-28-20-22-46(73)63(84)71(16)48(31-42-23-25-43(87-17)26-24-42)65(86)88-40(13)53(59(80)68-52)69-58(79)47(30-34(4)5)70(15)62(83)45-21-19-27-72(45)60(81)41(14)89-64(85)39(12)54(76)51(66)35(6)7/h23-26,33-41,44-49,51-53,56,74H,18-22,27-32,66H2,1-17H3,(H,67,78)(H,68,80)(H,69,79)/t37-,38-,39-,40+,41-,44-,45-,46-,47+,48-,49-,51-,52+,53-,56-/m0/s1. The van der Waals surface area contributed by atoms with Crippen LogP contribution in [-0.2, 0) is 78.2 Å². The number of aliphatic hydroxyl groups excluding tert-OH is 1. The molecule has 1 aromatic carbocycles. The second kappa shape index (κ2) is 33.9. The molecule has 90 heavy (non-hydrogen) atoms. The van der Waals surface area contributed by atoms with Crippen LogP contribution in [0.2, 0.25) is 0 Å². The summed E-state index contributed by atoms with van der Waals surface area (Å²) in [6, 6.07) is -3.62. The number of carbonyl (C=O) groups excluding carboxylic acids is 12. The molecule has 504 valence electrons. The average molecular weight is 1270 g/mol. The lowest BCUT2D eigenvalue weighted by atomic mass is 9.91. The van der Waals surface area contributed by atoms with Crippen LogP contribution in [0.5, 0.6) is 5.75 Å². The van der Waals surface area contributed by atoms with E-state index in [4.69, 9.17) is 24.7 Å². The molecule has 0 saturated carbocycles. The Balaban J connectivity index is 1.84. The fourth-order valence-electron chi connectivity index (χ4n) is 11.6. The summed E-state index contributed by atoms with van der Waals surface area (Å²) < 4.78 is 22.8. The van der Waals surface area contributed by atoms with Crippen LogP contribution in [-0.4, -0.2) is 203 Å². The minimum absolute atomic E-state index is 0.00460.